The predicted molar refractivity (Wildman–Crippen MR) is 119 cm³/mol. The molecule has 0 fully saturated rings. The van der Waals surface area contributed by atoms with Gasteiger partial charge in [0.15, 0.2) is 0 Å². The Morgan fingerprint density at radius 1 is 0.867 bits per heavy atom. The Morgan fingerprint density at radius 3 is 2.27 bits per heavy atom. The number of anilines is 1. The zero-order valence-corrected chi connectivity index (χ0v) is 18.1. The van der Waals surface area contributed by atoms with E-state index in [0.29, 0.717) is 38.0 Å². The van der Waals surface area contributed by atoms with Gasteiger partial charge in [0, 0.05) is 5.69 Å². The second kappa shape index (κ2) is 10.00. The fourth-order valence-electron chi connectivity index (χ4n) is 2.27. The molecular weight excluding hydrogens is 472 g/mol. The van der Waals surface area contributed by atoms with Gasteiger partial charge in [0.25, 0.3) is 0 Å². The molecule has 0 radical (unpaired) electrons. The molecule has 0 saturated carbocycles. The maximum atomic E-state index is 12.0. The van der Waals surface area contributed by atoms with Gasteiger partial charge in [-0.3, -0.25) is 14.6 Å². The molecule has 0 aliphatic carbocycles. The molecule has 0 saturated heterocycles. The van der Waals surface area contributed by atoms with Crippen LogP contribution in [0.1, 0.15) is 11.5 Å². The molecule has 6 nitrogen and oxygen atoms in total. The van der Waals surface area contributed by atoms with E-state index >= 15 is 0 Å². The average molecular weight is 485 g/mol. The molecule has 0 atom stereocenters. The van der Waals surface area contributed by atoms with Crippen LogP contribution in [0.15, 0.2) is 57.9 Å². The number of hydrogen-bond acceptors (Lipinski definition) is 4. The molecule has 30 heavy (non-hydrogen) atoms. The summed E-state index contributed by atoms with van der Waals surface area (Å²) in [6, 6.07) is 12.8. The topological polar surface area (TPSA) is 83.7 Å². The Kier molecular flexibility index (Phi) is 7.39. The van der Waals surface area contributed by atoms with Gasteiger partial charge in [0.2, 0.25) is 0 Å². The summed E-state index contributed by atoms with van der Waals surface area (Å²) in [7, 11) is 0. The summed E-state index contributed by atoms with van der Waals surface area (Å²) in [6.07, 6.45) is 1.50. The lowest BCUT2D eigenvalue weighted by atomic mass is 10.3. The van der Waals surface area contributed by atoms with E-state index < -0.39 is 11.8 Å². The molecule has 2 N–H and O–H groups in total. The number of amides is 2. The Labute approximate surface area is 191 Å². The molecule has 10 heteroatoms. The van der Waals surface area contributed by atoms with Crippen LogP contribution in [0, 0.1) is 0 Å². The van der Waals surface area contributed by atoms with Crippen molar-refractivity contribution in [3.8, 4) is 0 Å². The van der Waals surface area contributed by atoms with Crippen molar-refractivity contribution >= 4 is 75.8 Å². The van der Waals surface area contributed by atoms with E-state index in [1.54, 1.807) is 30.3 Å². The maximum Gasteiger partial charge on any atom is 0.313 e. The van der Waals surface area contributed by atoms with Crippen molar-refractivity contribution in [1.29, 1.82) is 0 Å². The van der Waals surface area contributed by atoms with E-state index in [0.717, 1.165) is 0 Å². The molecule has 0 spiro atoms. The number of halogens is 4. The number of carbonyl (C=O) groups excluding carboxylic acids is 2. The van der Waals surface area contributed by atoms with Gasteiger partial charge >= 0.3 is 11.8 Å². The summed E-state index contributed by atoms with van der Waals surface area (Å²) in [5.41, 5.74) is 0.956. The third kappa shape index (κ3) is 6.00. The Hall–Kier alpha value is -2.51. The lowest BCUT2D eigenvalue weighted by molar-refractivity contribution is -0.136. The first-order valence-electron chi connectivity index (χ1n) is 8.44. The smallest absolute Gasteiger partial charge is 0.313 e. The minimum Gasteiger partial charge on any atom is -0.458 e. The zero-order valence-electron chi connectivity index (χ0n) is 15.1. The monoisotopic (exact) mass is 483 g/mol. The Bertz CT molecular complexity index is 1130. The van der Waals surface area contributed by atoms with Crippen molar-refractivity contribution in [3.05, 3.63) is 80.1 Å². The van der Waals surface area contributed by atoms with Crippen molar-refractivity contribution in [1.82, 2.24) is 5.32 Å². The lowest BCUT2D eigenvalue weighted by Gasteiger charge is -2.06. The minimum absolute atomic E-state index is 0.0221. The fourth-order valence-corrected chi connectivity index (χ4v) is 2.86. The second-order valence-corrected chi connectivity index (χ2v) is 7.56. The van der Waals surface area contributed by atoms with Crippen LogP contribution in [0.25, 0.3) is 0 Å². The van der Waals surface area contributed by atoms with Gasteiger partial charge in [-0.25, -0.2) is 0 Å². The zero-order chi connectivity index (χ0) is 21.7. The first-order valence-corrected chi connectivity index (χ1v) is 9.95. The molecule has 2 amide bonds. The van der Waals surface area contributed by atoms with Gasteiger partial charge in [0.05, 0.1) is 38.5 Å². The van der Waals surface area contributed by atoms with Crippen molar-refractivity contribution < 1.29 is 14.0 Å². The number of carbonyl (C=O) groups is 2. The quantitative estimate of drug-likeness (QED) is 0.349. The summed E-state index contributed by atoms with van der Waals surface area (Å²) in [4.78, 5) is 28.2. The summed E-state index contributed by atoms with van der Waals surface area (Å²) >= 11 is 23.5. The van der Waals surface area contributed by atoms with E-state index in [2.05, 4.69) is 15.6 Å². The molecule has 3 aromatic rings. The SMILES string of the molecule is O=C(NCc1ccc(C=Nc2ccc(Cl)c(Cl)c2)o1)C(=O)Nc1ccc(Cl)c(Cl)c1. The van der Waals surface area contributed by atoms with Crippen molar-refractivity contribution in [2.45, 2.75) is 6.54 Å². The third-order valence-corrected chi connectivity index (χ3v) is 5.21. The summed E-state index contributed by atoms with van der Waals surface area (Å²) in [5.74, 6) is -0.767. The van der Waals surface area contributed by atoms with Gasteiger partial charge in [0.1, 0.15) is 11.5 Å². The molecule has 154 valence electrons. The van der Waals surface area contributed by atoms with Gasteiger partial charge in [-0.2, -0.15) is 0 Å². The lowest BCUT2D eigenvalue weighted by Crippen LogP contribution is -2.34. The van der Waals surface area contributed by atoms with Crippen LogP contribution >= 0.6 is 46.4 Å². The summed E-state index contributed by atoms with van der Waals surface area (Å²) < 4.78 is 5.55. The molecule has 0 aliphatic rings. The minimum atomic E-state index is -0.846. The highest BCUT2D eigenvalue weighted by molar-refractivity contribution is 6.43. The highest BCUT2D eigenvalue weighted by atomic mass is 35.5. The average Bonchev–Trinajstić information content (AvgIpc) is 3.17. The van der Waals surface area contributed by atoms with E-state index in [-0.39, 0.29) is 11.6 Å². The fraction of sp³-hybridized carbons (Fsp3) is 0.0500. The largest absolute Gasteiger partial charge is 0.458 e. The standard InChI is InChI=1S/C20H13Cl4N3O3/c21-15-5-1-11(7-17(15)23)25-9-13-3-4-14(30-13)10-26-19(28)20(29)27-12-2-6-16(22)18(24)8-12/h1-9H,10H2,(H,26,28)(H,27,29). The van der Waals surface area contributed by atoms with Gasteiger partial charge in [-0.15, -0.1) is 0 Å². The first-order chi connectivity index (χ1) is 14.3. The number of nitrogens with one attached hydrogen (secondary N) is 2. The van der Waals surface area contributed by atoms with Crippen LogP contribution in [-0.4, -0.2) is 18.0 Å². The molecule has 0 aliphatic heterocycles. The van der Waals surface area contributed by atoms with E-state index in [4.69, 9.17) is 50.8 Å². The van der Waals surface area contributed by atoms with Gasteiger partial charge < -0.3 is 15.1 Å². The first kappa shape index (κ1) is 22.2. The number of rotatable bonds is 5. The van der Waals surface area contributed by atoms with Crippen LogP contribution in [0.4, 0.5) is 11.4 Å². The van der Waals surface area contributed by atoms with Crippen LogP contribution in [0.2, 0.25) is 20.1 Å². The van der Waals surface area contributed by atoms with Crippen LogP contribution in [0.5, 0.6) is 0 Å². The van der Waals surface area contributed by atoms with Crippen LogP contribution in [0.3, 0.4) is 0 Å². The number of hydrogen-bond donors (Lipinski definition) is 2. The van der Waals surface area contributed by atoms with E-state index in [1.165, 1.54) is 24.4 Å². The molecule has 2 aromatic carbocycles. The number of aliphatic imine (C=N–C) groups is 1. The van der Waals surface area contributed by atoms with E-state index in [9.17, 15) is 9.59 Å². The van der Waals surface area contributed by atoms with Crippen molar-refractivity contribution in [3.63, 3.8) is 0 Å². The summed E-state index contributed by atoms with van der Waals surface area (Å²) in [5, 5.41) is 6.34. The molecule has 1 heterocycles. The Morgan fingerprint density at radius 2 is 1.57 bits per heavy atom. The number of furan rings is 1. The number of nitrogens with zero attached hydrogens (tertiary/aromatic N) is 1. The molecule has 3 rings (SSSR count). The molecule has 1 aromatic heterocycles. The molecular formula is C20H13Cl4N3O3. The normalized spacial score (nSPS) is 10.9. The predicted octanol–water partition coefficient (Wildman–Crippen LogP) is 5.90. The van der Waals surface area contributed by atoms with E-state index in [1.807, 2.05) is 0 Å². The molecule has 0 unspecified atom stereocenters. The summed E-state index contributed by atoms with van der Waals surface area (Å²) in [6.45, 7) is 0.0221. The number of benzene rings is 2. The maximum absolute atomic E-state index is 12.0. The van der Waals surface area contributed by atoms with Crippen LogP contribution in [-0.2, 0) is 16.1 Å². The van der Waals surface area contributed by atoms with Gasteiger partial charge in [-0.1, -0.05) is 46.4 Å². The Balaban J connectivity index is 1.53. The van der Waals surface area contributed by atoms with Crippen molar-refractivity contribution in [2.75, 3.05) is 5.32 Å². The molecule has 0 bridgehead atoms. The van der Waals surface area contributed by atoms with Crippen LogP contribution < -0.4 is 10.6 Å². The highest BCUT2D eigenvalue weighted by Gasteiger charge is 2.14. The van der Waals surface area contributed by atoms with Gasteiger partial charge in [-0.05, 0) is 48.5 Å². The third-order valence-electron chi connectivity index (χ3n) is 3.73. The second-order valence-electron chi connectivity index (χ2n) is 5.93. The highest BCUT2D eigenvalue weighted by Crippen LogP contribution is 2.27. The van der Waals surface area contributed by atoms with Crippen molar-refractivity contribution in [2.24, 2.45) is 4.99 Å².